The highest BCUT2D eigenvalue weighted by molar-refractivity contribution is 7.11. The normalized spacial score (nSPS) is 19.5. The molecule has 1 aliphatic carbocycles. The van der Waals surface area contributed by atoms with Gasteiger partial charge in [-0.2, -0.15) is 0 Å². The maximum atomic E-state index is 5.98. The molecule has 1 saturated carbocycles. The van der Waals surface area contributed by atoms with E-state index in [4.69, 9.17) is 10.7 Å². The number of rotatable bonds is 3. The van der Waals surface area contributed by atoms with Crippen molar-refractivity contribution in [2.75, 3.05) is 0 Å². The molecule has 2 nitrogen and oxygen atoms in total. The summed E-state index contributed by atoms with van der Waals surface area (Å²) in [5.41, 5.74) is 7.53. The fourth-order valence-corrected chi connectivity index (χ4v) is 4.22. The Balaban J connectivity index is 2.05. The third-order valence-corrected chi connectivity index (χ3v) is 5.57. The molecule has 0 amide bonds. The van der Waals surface area contributed by atoms with Crippen LogP contribution in [0.3, 0.4) is 0 Å². The lowest BCUT2D eigenvalue weighted by Crippen LogP contribution is -2.23. The molecule has 1 fully saturated rings. The molecule has 1 aromatic carbocycles. The van der Waals surface area contributed by atoms with Crippen LogP contribution < -0.4 is 5.73 Å². The summed E-state index contributed by atoms with van der Waals surface area (Å²) in [6.07, 6.45) is 6.98. The van der Waals surface area contributed by atoms with Crippen LogP contribution >= 0.6 is 11.3 Å². The number of thiazole rings is 1. The lowest BCUT2D eigenvalue weighted by molar-refractivity contribution is 0.532. The van der Waals surface area contributed by atoms with E-state index in [1.54, 1.807) is 11.3 Å². The van der Waals surface area contributed by atoms with E-state index in [-0.39, 0.29) is 11.5 Å². The zero-order valence-corrected chi connectivity index (χ0v) is 12.1. The fourth-order valence-electron chi connectivity index (χ4n) is 3.08. The number of nitrogens with zero attached hydrogens (tertiary/aromatic N) is 1. The van der Waals surface area contributed by atoms with Crippen molar-refractivity contribution in [3.63, 3.8) is 0 Å². The Morgan fingerprint density at radius 1 is 1.21 bits per heavy atom. The first-order valence-electron chi connectivity index (χ1n) is 7.00. The van der Waals surface area contributed by atoms with Crippen LogP contribution in [0.1, 0.15) is 54.1 Å². The van der Waals surface area contributed by atoms with Gasteiger partial charge in [-0.25, -0.2) is 4.98 Å². The zero-order chi connectivity index (χ0) is 13.3. The van der Waals surface area contributed by atoms with Gasteiger partial charge in [0.2, 0.25) is 0 Å². The molecule has 100 valence electrons. The second-order valence-corrected chi connectivity index (χ2v) is 6.57. The molecule has 1 atom stereocenters. The van der Waals surface area contributed by atoms with Crippen molar-refractivity contribution in [2.24, 2.45) is 5.73 Å². The van der Waals surface area contributed by atoms with E-state index in [2.05, 4.69) is 30.3 Å². The third kappa shape index (κ3) is 2.21. The molecule has 0 bridgehead atoms. The highest BCUT2D eigenvalue weighted by Gasteiger charge is 2.39. The first-order valence-corrected chi connectivity index (χ1v) is 7.81. The lowest BCUT2D eigenvalue weighted by atomic mass is 9.79. The highest BCUT2D eigenvalue weighted by atomic mass is 32.1. The van der Waals surface area contributed by atoms with E-state index in [0.29, 0.717) is 0 Å². The predicted molar refractivity (Wildman–Crippen MR) is 80.4 cm³/mol. The van der Waals surface area contributed by atoms with Gasteiger partial charge in [-0.3, -0.25) is 0 Å². The van der Waals surface area contributed by atoms with Gasteiger partial charge in [0.15, 0.2) is 0 Å². The van der Waals surface area contributed by atoms with Gasteiger partial charge in [-0.1, -0.05) is 43.2 Å². The van der Waals surface area contributed by atoms with Crippen molar-refractivity contribution in [3.8, 4) is 0 Å². The van der Waals surface area contributed by atoms with Gasteiger partial charge < -0.3 is 5.73 Å². The SMILES string of the molecule is CC(N)c1cnc(C2(c3ccccc3)CCCC2)s1. The van der Waals surface area contributed by atoms with E-state index >= 15 is 0 Å². The Kier molecular flexibility index (Phi) is 3.42. The summed E-state index contributed by atoms with van der Waals surface area (Å²) < 4.78 is 0. The van der Waals surface area contributed by atoms with E-state index in [1.165, 1.54) is 41.1 Å². The minimum Gasteiger partial charge on any atom is -0.323 e. The average molecular weight is 272 g/mol. The van der Waals surface area contributed by atoms with Crippen LogP contribution in [-0.2, 0) is 5.41 Å². The lowest BCUT2D eigenvalue weighted by Gasteiger charge is -2.27. The highest BCUT2D eigenvalue weighted by Crippen LogP contribution is 2.47. The summed E-state index contributed by atoms with van der Waals surface area (Å²) in [7, 11) is 0. The first-order chi connectivity index (χ1) is 9.22. The summed E-state index contributed by atoms with van der Waals surface area (Å²) in [5, 5.41) is 1.25. The first kappa shape index (κ1) is 12.8. The molecule has 3 rings (SSSR count). The Bertz CT molecular complexity index is 539. The van der Waals surface area contributed by atoms with Crippen LogP contribution in [0.5, 0.6) is 0 Å². The number of benzene rings is 1. The number of nitrogens with two attached hydrogens (primary N) is 1. The predicted octanol–water partition coefficient (Wildman–Crippen LogP) is 4.02. The second kappa shape index (κ2) is 5.06. The Morgan fingerprint density at radius 3 is 2.47 bits per heavy atom. The Labute approximate surface area is 118 Å². The summed E-state index contributed by atoms with van der Waals surface area (Å²) in [6, 6.07) is 10.9. The molecule has 19 heavy (non-hydrogen) atoms. The molecule has 1 aromatic heterocycles. The van der Waals surface area contributed by atoms with Crippen molar-refractivity contribution in [3.05, 3.63) is 52.0 Å². The second-order valence-electron chi connectivity index (χ2n) is 5.51. The van der Waals surface area contributed by atoms with Gasteiger partial charge in [-0.15, -0.1) is 11.3 Å². The van der Waals surface area contributed by atoms with Gasteiger partial charge in [0.25, 0.3) is 0 Å². The maximum absolute atomic E-state index is 5.98. The van der Waals surface area contributed by atoms with Gasteiger partial charge in [0, 0.05) is 22.5 Å². The monoisotopic (exact) mass is 272 g/mol. The van der Waals surface area contributed by atoms with Crippen LogP contribution in [0.4, 0.5) is 0 Å². The largest absolute Gasteiger partial charge is 0.323 e. The molecule has 1 unspecified atom stereocenters. The van der Waals surface area contributed by atoms with Crippen LogP contribution in [0.15, 0.2) is 36.5 Å². The molecule has 1 heterocycles. The van der Waals surface area contributed by atoms with E-state index in [9.17, 15) is 0 Å². The van der Waals surface area contributed by atoms with E-state index < -0.39 is 0 Å². The number of hydrogen-bond acceptors (Lipinski definition) is 3. The minimum absolute atomic E-state index is 0.0838. The van der Waals surface area contributed by atoms with Crippen molar-refractivity contribution in [1.82, 2.24) is 4.98 Å². The van der Waals surface area contributed by atoms with Gasteiger partial charge in [-0.05, 0) is 25.3 Å². The molecule has 0 spiro atoms. The molecule has 0 radical (unpaired) electrons. The smallest absolute Gasteiger partial charge is 0.103 e. The van der Waals surface area contributed by atoms with Crippen LogP contribution in [-0.4, -0.2) is 4.98 Å². The standard InChI is InChI=1S/C16H20N2S/c1-12(17)14-11-18-15(19-14)16(9-5-6-10-16)13-7-3-2-4-8-13/h2-4,7-8,11-12H,5-6,9-10,17H2,1H3. The van der Waals surface area contributed by atoms with Crippen LogP contribution in [0.2, 0.25) is 0 Å². The van der Waals surface area contributed by atoms with Crippen molar-refractivity contribution >= 4 is 11.3 Å². The molecule has 2 aromatic rings. The molecule has 2 N–H and O–H groups in total. The fraction of sp³-hybridized carbons (Fsp3) is 0.438. The van der Waals surface area contributed by atoms with Crippen LogP contribution in [0.25, 0.3) is 0 Å². The van der Waals surface area contributed by atoms with E-state index in [0.717, 1.165) is 0 Å². The van der Waals surface area contributed by atoms with Gasteiger partial charge in [0.1, 0.15) is 5.01 Å². The summed E-state index contributed by atoms with van der Waals surface area (Å²) in [4.78, 5) is 5.90. The minimum atomic E-state index is 0.0838. The van der Waals surface area contributed by atoms with Gasteiger partial charge in [0.05, 0.1) is 0 Å². The third-order valence-electron chi connectivity index (χ3n) is 4.17. The Hall–Kier alpha value is -1.19. The summed E-state index contributed by atoms with van der Waals surface area (Å²) >= 11 is 1.80. The molecule has 0 saturated heterocycles. The van der Waals surface area contributed by atoms with Crippen molar-refractivity contribution in [1.29, 1.82) is 0 Å². The summed E-state index contributed by atoms with van der Waals surface area (Å²) in [6.45, 7) is 2.03. The molecule has 3 heteroatoms. The molecular formula is C16H20N2S. The number of hydrogen-bond donors (Lipinski definition) is 1. The molecule has 0 aliphatic heterocycles. The zero-order valence-electron chi connectivity index (χ0n) is 11.3. The van der Waals surface area contributed by atoms with Crippen LogP contribution in [0, 0.1) is 0 Å². The summed E-state index contributed by atoms with van der Waals surface area (Å²) in [5.74, 6) is 0. The maximum Gasteiger partial charge on any atom is 0.103 e. The average Bonchev–Trinajstić information content (AvgIpc) is 3.09. The Morgan fingerprint density at radius 2 is 1.89 bits per heavy atom. The molecular weight excluding hydrogens is 252 g/mol. The van der Waals surface area contributed by atoms with Crippen molar-refractivity contribution in [2.45, 2.75) is 44.1 Å². The van der Waals surface area contributed by atoms with Crippen molar-refractivity contribution < 1.29 is 0 Å². The molecule has 1 aliphatic rings. The topological polar surface area (TPSA) is 38.9 Å². The van der Waals surface area contributed by atoms with Gasteiger partial charge >= 0.3 is 0 Å². The quantitative estimate of drug-likeness (QED) is 0.916. The number of aromatic nitrogens is 1. The van der Waals surface area contributed by atoms with E-state index in [1.807, 2.05) is 13.1 Å².